The van der Waals surface area contributed by atoms with Gasteiger partial charge >= 0.3 is 0 Å². The van der Waals surface area contributed by atoms with Gasteiger partial charge in [-0.15, -0.1) is 0 Å². The number of nitrogen functional groups attached to an aromatic ring is 1. The second-order valence-corrected chi connectivity index (χ2v) is 11.1. The van der Waals surface area contributed by atoms with Crippen LogP contribution in [0.1, 0.15) is 28.5 Å². The number of aromatic nitrogens is 4. The maximum Gasteiger partial charge on any atom is 0.232 e. The lowest BCUT2D eigenvalue weighted by molar-refractivity contribution is 0.103. The highest BCUT2D eigenvalue weighted by Crippen LogP contribution is 2.31. The van der Waals surface area contributed by atoms with Gasteiger partial charge in [0.1, 0.15) is 11.6 Å². The smallest absolute Gasteiger partial charge is 0.232 e. The van der Waals surface area contributed by atoms with Crippen LogP contribution in [0.2, 0.25) is 0 Å². The van der Waals surface area contributed by atoms with Crippen LogP contribution in [-0.4, -0.2) is 46.8 Å². The molecule has 0 saturated heterocycles. The number of carbonyl (C=O) groups excluding carboxylic acids is 1. The monoisotopic (exact) mass is 584 g/mol. The molecule has 0 spiro atoms. The Labute approximate surface area is 232 Å². The molecule has 0 unspecified atom stereocenters. The highest BCUT2D eigenvalue weighted by molar-refractivity contribution is 7.92. The fourth-order valence-electron chi connectivity index (χ4n) is 4.39. The van der Waals surface area contributed by atoms with Crippen LogP contribution >= 0.6 is 0 Å². The van der Waals surface area contributed by atoms with Crippen molar-refractivity contribution in [2.45, 2.75) is 13.8 Å². The van der Waals surface area contributed by atoms with Crippen molar-refractivity contribution >= 4 is 38.2 Å². The number of ether oxygens (including phenoxy) is 1. The van der Waals surface area contributed by atoms with Gasteiger partial charge in [0.05, 0.1) is 41.3 Å². The van der Waals surface area contributed by atoms with E-state index >= 15 is 0 Å². The van der Waals surface area contributed by atoms with Crippen molar-refractivity contribution in [1.82, 2.24) is 19.7 Å². The molecule has 5 aromatic rings. The van der Waals surface area contributed by atoms with E-state index in [0.717, 1.165) is 28.8 Å². The van der Waals surface area contributed by atoms with Gasteiger partial charge in [-0.25, -0.2) is 31.3 Å². The summed E-state index contributed by atoms with van der Waals surface area (Å²) >= 11 is 0. The van der Waals surface area contributed by atoms with E-state index in [-0.39, 0.29) is 35.2 Å². The van der Waals surface area contributed by atoms with Crippen molar-refractivity contribution in [3.8, 4) is 17.3 Å². The molecule has 0 radical (unpaired) electrons. The molecule has 0 saturated carbocycles. The third-order valence-corrected chi connectivity index (χ3v) is 7.61. The number of pyridine rings is 1. The topological polar surface area (TPSA) is 136 Å². The summed E-state index contributed by atoms with van der Waals surface area (Å²) in [5.41, 5.74) is 7.49. The number of nitrogens with one attached hydrogen (secondary N) is 1. The maximum absolute atomic E-state index is 14.8. The number of hydrogen-bond donors (Lipinski definition) is 2. The Bertz CT molecular complexity index is 1920. The van der Waals surface area contributed by atoms with Gasteiger partial charge in [0.25, 0.3) is 0 Å². The molecule has 0 amide bonds. The largest absolute Gasteiger partial charge is 0.433 e. The number of carbonyl (C=O) groups is 1. The van der Waals surface area contributed by atoms with E-state index in [1.807, 2.05) is 0 Å². The van der Waals surface area contributed by atoms with E-state index in [1.165, 1.54) is 41.3 Å². The summed E-state index contributed by atoms with van der Waals surface area (Å²) in [6, 6.07) is 8.65. The minimum atomic E-state index is -3.73. The Morgan fingerprint density at radius 3 is 2.44 bits per heavy atom. The van der Waals surface area contributed by atoms with Gasteiger partial charge in [-0.1, -0.05) is 6.07 Å². The molecule has 0 atom stereocenters. The summed E-state index contributed by atoms with van der Waals surface area (Å²) in [7, 11) is -3.73. The molecule has 2 aromatic carbocycles. The number of hydrogen-bond acceptors (Lipinski definition) is 7. The number of sulfonamides is 1. The second kappa shape index (κ2) is 10.3. The molecule has 0 bridgehead atoms. The molecular weight excluding hydrogens is 561 g/mol. The predicted octanol–water partition coefficient (Wildman–Crippen LogP) is 4.87. The van der Waals surface area contributed by atoms with Crippen LogP contribution in [0.4, 0.5) is 24.7 Å². The van der Waals surface area contributed by atoms with Gasteiger partial charge in [-0.2, -0.15) is 5.10 Å². The van der Waals surface area contributed by atoms with Crippen molar-refractivity contribution in [2.24, 2.45) is 0 Å². The summed E-state index contributed by atoms with van der Waals surface area (Å²) in [4.78, 5) is 20.3. The first-order chi connectivity index (χ1) is 19.4. The molecular formula is C27H23F3N6O4S. The lowest BCUT2D eigenvalue weighted by Crippen LogP contribution is -2.30. The average Bonchev–Trinajstić information content (AvgIpc) is 3.49. The maximum atomic E-state index is 14.8. The van der Waals surface area contributed by atoms with Crippen LogP contribution in [0.15, 0.2) is 54.9 Å². The predicted molar refractivity (Wildman–Crippen MR) is 146 cm³/mol. The van der Waals surface area contributed by atoms with Crippen LogP contribution in [0.3, 0.4) is 0 Å². The van der Waals surface area contributed by atoms with Gasteiger partial charge in [0, 0.05) is 23.5 Å². The molecule has 0 aliphatic rings. The molecule has 212 valence electrons. The number of H-pyrrole nitrogens is 1. The number of ketones is 1. The molecule has 14 heteroatoms. The SMILES string of the molecule is CCN(c1cc2[nH]c(C(=O)c3cnn(-c4cnc(Oc5c(F)cccc5F)cc4C)c3N)cc2cc1F)S(C)(=O)=O. The van der Waals surface area contributed by atoms with Crippen molar-refractivity contribution in [3.63, 3.8) is 0 Å². The molecule has 41 heavy (non-hydrogen) atoms. The highest BCUT2D eigenvalue weighted by atomic mass is 32.2. The summed E-state index contributed by atoms with van der Waals surface area (Å²) < 4.78 is 74.4. The van der Waals surface area contributed by atoms with Crippen molar-refractivity contribution in [3.05, 3.63) is 89.1 Å². The zero-order valence-corrected chi connectivity index (χ0v) is 22.8. The second-order valence-electron chi connectivity index (χ2n) is 9.15. The molecule has 10 nitrogen and oxygen atoms in total. The number of nitrogens with zero attached hydrogens (tertiary/aromatic N) is 4. The third-order valence-electron chi connectivity index (χ3n) is 6.35. The van der Waals surface area contributed by atoms with Crippen LogP contribution in [0.5, 0.6) is 11.6 Å². The number of aromatic amines is 1. The van der Waals surface area contributed by atoms with Gasteiger partial charge in [-0.3, -0.25) is 9.10 Å². The Morgan fingerprint density at radius 2 is 1.80 bits per heavy atom. The van der Waals surface area contributed by atoms with E-state index < -0.39 is 39.0 Å². The van der Waals surface area contributed by atoms with Crippen molar-refractivity contribution in [1.29, 1.82) is 0 Å². The van der Waals surface area contributed by atoms with E-state index in [2.05, 4.69) is 15.1 Å². The third kappa shape index (κ3) is 5.09. The minimum Gasteiger partial charge on any atom is -0.433 e. The van der Waals surface area contributed by atoms with Crippen LogP contribution in [0.25, 0.3) is 16.6 Å². The number of fused-ring (bicyclic) bond motifs is 1. The Morgan fingerprint density at radius 1 is 1.10 bits per heavy atom. The van der Waals surface area contributed by atoms with Gasteiger partial charge in [0.2, 0.25) is 27.4 Å². The van der Waals surface area contributed by atoms with E-state index in [9.17, 15) is 26.4 Å². The number of halogens is 3. The van der Waals surface area contributed by atoms with Crippen molar-refractivity contribution < 1.29 is 31.1 Å². The first kappa shape index (κ1) is 27.7. The molecule has 3 N–H and O–H groups in total. The van der Waals surface area contributed by atoms with Crippen LogP contribution < -0.4 is 14.8 Å². The lowest BCUT2D eigenvalue weighted by Gasteiger charge is -2.21. The van der Waals surface area contributed by atoms with Crippen molar-refractivity contribution in [2.75, 3.05) is 22.8 Å². The summed E-state index contributed by atoms with van der Waals surface area (Å²) in [6.07, 6.45) is 3.57. The van der Waals surface area contributed by atoms with E-state index in [0.29, 0.717) is 22.2 Å². The highest BCUT2D eigenvalue weighted by Gasteiger charge is 2.24. The van der Waals surface area contributed by atoms with Crippen LogP contribution in [-0.2, 0) is 10.0 Å². The van der Waals surface area contributed by atoms with Gasteiger partial charge in [-0.05, 0) is 49.7 Å². The summed E-state index contributed by atoms with van der Waals surface area (Å²) in [5, 5.41) is 4.56. The molecule has 3 aromatic heterocycles. The molecule has 5 rings (SSSR count). The van der Waals surface area contributed by atoms with Crippen LogP contribution in [0, 0.1) is 24.4 Å². The lowest BCUT2D eigenvalue weighted by atomic mass is 10.1. The quantitative estimate of drug-likeness (QED) is 0.249. The Kier molecular flexibility index (Phi) is 6.95. The minimum absolute atomic E-state index is 0.0187. The van der Waals surface area contributed by atoms with Gasteiger partial charge < -0.3 is 15.5 Å². The first-order valence-electron chi connectivity index (χ1n) is 12.2. The normalized spacial score (nSPS) is 11.7. The number of aryl methyl sites for hydroxylation is 1. The molecule has 0 aliphatic carbocycles. The molecule has 3 heterocycles. The van der Waals surface area contributed by atoms with Gasteiger partial charge in [0.15, 0.2) is 11.6 Å². The fraction of sp³-hybridized carbons (Fsp3) is 0.148. The number of para-hydroxylation sites is 1. The number of nitrogens with two attached hydrogens (primary N) is 1. The number of anilines is 2. The molecule has 0 fully saturated rings. The first-order valence-corrected chi connectivity index (χ1v) is 14.0. The average molecular weight is 585 g/mol. The van der Waals surface area contributed by atoms with E-state index in [1.54, 1.807) is 13.8 Å². The molecule has 0 aliphatic heterocycles. The fourth-order valence-corrected chi connectivity index (χ4v) is 5.36. The Balaban J connectivity index is 1.45. The summed E-state index contributed by atoms with van der Waals surface area (Å²) in [5.74, 6) is -3.76. The summed E-state index contributed by atoms with van der Waals surface area (Å²) in [6.45, 7) is 3.27. The zero-order chi connectivity index (χ0) is 29.6. The zero-order valence-electron chi connectivity index (χ0n) is 21.9. The number of rotatable bonds is 8. The van der Waals surface area contributed by atoms with E-state index in [4.69, 9.17) is 10.5 Å². The number of benzene rings is 2. The Hall–Kier alpha value is -4.85. The standard InChI is InChI=1S/C27H23F3N6O4S/c1-4-35(41(3,38)39)22-11-20-15(9-19(22)30)10-21(34-20)25(37)16-12-33-36(27(16)31)23-13-32-24(8-14(23)2)40-26-17(28)6-5-7-18(26)29/h5-13,34H,4,31H2,1-3H3.